The van der Waals surface area contributed by atoms with Gasteiger partial charge in [0.1, 0.15) is 5.75 Å². The van der Waals surface area contributed by atoms with Crippen LogP contribution in [-0.4, -0.2) is 45.4 Å². The third-order valence-electron chi connectivity index (χ3n) is 3.72. The lowest BCUT2D eigenvalue weighted by atomic mass is 10.2. The monoisotopic (exact) mass is 391 g/mol. The Balaban J connectivity index is 1.51. The highest BCUT2D eigenvalue weighted by atomic mass is 32.2. The molecule has 0 unspecified atom stereocenters. The fraction of sp³-hybridized carbons (Fsp3) is 0.333. The molecule has 0 aliphatic carbocycles. The standard InChI is InChI=1S/C18H21N3O3S2/c1-21-17(13-5-7-15(23-2)8-6-13)19-20-18(21)26-12-14(22)10-24-11-16-4-3-9-25-16/h3-9,14,22H,10-12H2,1-2H3/t14-/m0/s1. The summed E-state index contributed by atoms with van der Waals surface area (Å²) in [6.45, 7) is 0.832. The lowest BCUT2D eigenvalue weighted by Crippen LogP contribution is -2.18. The van der Waals surface area contributed by atoms with Gasteiger partial charge in [-0.25, -0.2) is 0 Å². The number of aliphatic hydroxyl groups excluding tert-OH is 1. The van der Waals surface area contributed by atoms with E-state index in [1.165, 1.54) is 11.8 Å². The van der Waals surface area contributed by atoms with Crippen molar-refractivity contribution in [2.75, 3.05) is 19.5 Å². The van der Waals surface area contributed by atoms with Crippen molar-refractivity contribution in [2.24, 2.45) is 7.05 Å². The van der Waals surface area contributed by atoms with Crippen molar-refractivity contribution < 1.29 is 14.6 Å². The van der Waals surface area contributed by atoms with Crippen molar-refractivity contribution in [1.82, 2.24) is 14.8 Å². The van der Waals surface area contributed by atoms with Gasteiger partial charge in [0.15, 0.2) is 11.0 Å². The van der Waals surface area contributed by atoms with Gasteiger partial charge in [-0.2, -0.15) is 0 Å². The van der Waals surface area contributed by atoms with Crippen LogP contribution in [0.3, 0.4) is 0 Å². The first-order valence-electron chi connectivity index (χ1n) is 8.12. The number of aromatic nitrogens is 3. The first-order valence-corrected chi connectivity index (χ1v) is 9.98. The molecule has 26 heavy (non-hydrogen) atoms. The van der Waals surface area contributed by atoms with Crippen LogP contribution in [0.4, 0.5) is 0 Å². The topological polar surface area (TPSA) is 69.4 Å². The number of aliphatic hydroxyl groups is 1. The highest BCUT2D eigenvalue weighted by Crippen LogP contribution is 2.24. The molecule has 0 saturated carbocycles. The molecule has 8 heteroatoms. The summed E-state index contributed by atoms with van der Waals surface area (Å²) in [7, 11) is 3.56. The highest BCUT2D eigenvalue weighted by Gasteiger charge is 2.13. The van der Waals surface area contributed by atoms with E-state index in [1.54, 1.807) is 18.4 Å². The maximum Gasteiger partial charge on any atom is 0.191 e. The summed E-state index contributed by atoms with van der Waals surface area (Å²) in [6, 6.07) is 11.7. The SMILES string of the molecule is COc1ccc(-c2nnc(SC[C@@H](O)COCc3cccs3)n2C)cc1. The number of methoxy groups -OCH3 is 1. The maximum atomic E-state index is 10.1. The minimum Gasteiger partial charge on any atom is -0.497 e. The Labute approximate surface area is 160 Å². The predicted molar refractivity (Wildman–Crippen MR) is 104 cm³/mol. The van der Waals surface area contributed by atoms with Crippen molar-refractivity contribution in [3.8, 4) is 17.1 Å². The molecule has 1 aromatic carbocycles. The van der Waals surface area contributed by atoms with Crippen LogP contribution < -0.4 is 4.74 Å². The third kappa shape index (κ3) is 4.85. The molecule has 0 radical (unpaired) electrons. The van der Waals surface area contributed by atoms with Gasteiger partial charge in [-0.15, -0.1) is 21.5 Å². The van der Waals surface area contributed by atoms with Gasteiger partial charge in [0, 0.05) is 23.2 Å². The van der Waals surface area contributed by atoms with Crippen LogP contribution in [0.5, 0.6) is 5.75 Å². The number of rotatable bonds is 9. The minimum atomic E-state index is -0.555. The summed E-state index contributed by atoms with van der Waals surface area (Å²) < 4.78 is 12.6. The maximum absolute atomic E-state index is 10.1. The van der Waals surface area contributed by atoms with E-state index in [9.17, 15) is 5.11 Å². The van der Waals surface area contributed by atoms with Gasteiger partial charge in [-0.3, -0.25) is 0 Å². The zero-order valence-corrected chi connectivity index (χ0v) is 16.3. The van der Waals surface area contributed by atoms with Gasteiger partial charge in [0.25, 0.3) is 0 Å². The van der Waals surface area contributed by atoms with E-state index in [2.05, 4.69) is 10.2 Å². The quantitative estimate of drug-likeness (QED) is 0.565. The molecular weight excluding hydrogens is 370 g/mol. The molecule has 0 amide bonds. The number of benzene rings is 1. The van der Waals surface area contributed by atoms with Gasteiger partial charge in [-0.1, -0.05) is 17.8 Å². The summed E-state index contributed by atoms with van der Waals surface area (Å²) in [5.41, 5.74) is 0.965. The Morgan fingerprint density at radius 1 is 1.23 bits per heavy atom. The van der Waals surface area contributed by atoms with E-state index >= 15 is 0 Å². The van der Waals surface area contributed by atoms with Crippen molar-refractivity contribution >= 4 is 23.1 Å². The van der Waals surface area contributed by atoms with E-state index < -0.39 is 6.10 Å². The molecule has 138 valence electrons. The Hall–Kier alpha value is -1.87. The van der Waals surface area contributed by atoms with Crippen molar-refractivity contribution in [1.29, 1.82) is 0 Å². The molecule has 1 atom stereocenters. The van der Waals surface area contributed by atoms with E-state index in [0.29, 0.717) is 19.0 Å². The largest absolute Gasteiger partial charge is 0.497 e. The number of nitrogens with zero attached hydrogens (tertiary/aromatic N) is 3. The smallest absolute Gasteiger partial charge is 0.191 e. The molecule has 0 aliphatic rings. The van der Waals surface area contributed by atoms with Crippen molar-refractivity contribution in [3.05, 3.63) is 46.7 Å². The van der Waals surface area contributed by atoms with Crippen LogP contribution >= 0.6 is 23.1 Å². The van der Waals surface area contributed by atoms with Crippen LogP contribution in [0.25, 0.3) is 11.4 Å². The summed E-state index contributed by atoms with van der Waals surface area (Å²) >= 11 is 3.11. The van der Waals surface area contributed by atoms with E-state index in [1.807, 2.05) is 53.4 Å². The van der Waals surface area contributed by atoms with Gasteiger partial charge < -0.3 is 19.1 Å². The van der Waals surface area contributed by atoms with Crippen LogP contribution in [0.2, 0.25) is 0 Å². The normalized spacial score (nSPS) is 12.3. The number of hydrogen-bond donors (Lipinski definition) is 1. The zero-order valence-electron chi connectivity index (χ0n) is 14.7. The Morgan fingerprint density at radius 3 is 2.73 bits per heavy atom. The molecule has 0 saturated heterocycles. The third-order valence-corrected chi connectivity index (χ3v) is 5.74. The Morgan fingerprint density at radius 2 is 2.04 bits per heavy atom. The van der Waals surface area contributed by atoms with Gasteiger partial charge >= 0.3 is 0 Å². The minimum absolute atomic E-state index is 0.300. The van der Waals surface area contributed by atoms with E-state index in [4.69, 9.17) is 9.47 Å². The van der Waals surface area contributed by atoms with E-state index in [-0.39, 0.29) is 0 Å². The molecular formula is C18H21N3O3S2. The number of thiophene rings is 1. The number of thioether (sulfide) groups is 1. The molecule has 0 aliphatic heterocycles. The van der Waals surface area contributed by atoms with Gasteiger partial charge in [-0.05, 0) is 35.7 Å². The van der Waals surface area contributed by atoms with Crippen molar-refractivity contribution in [2.45, 2.75) is 17.9 Å². The average Bonchev–Trinajstić information content (AvgIpc) is 3.30. The van der Waals surface area contributed by atoms with E-state index in [0.717, 1.165) is 27.2 Å². The average molecular weight is 392 g/mol. The molecule has 3 aromatic rings. The first-order chi connectivity index (χ1) is 12.7. The van der Waals surface area contributed by atoms with Crippen molar-refractivity contribution in [3.63, 3.8) is 0 Å². The molecule has 2 heterocycles. The van der Waals surface area contributed by atoms with Gasteiger partial charge in [0.05, 0.1) is 26.4 Å². The molecule has 3 rings (SSSR count). The molecule has 6 nitrogen and oxygen atoms in total. The molecule has 0 fully saturated rings. The summed E-state index contributed by atoms with van der Waals surface area (Å²) in [5.74, 6) is 2.08. The Kier molecular flexibility index (Phi) is 6.67. The number of ether oxygens (including phenoxy) is 2. The summed E-state index contributed by atoms with van der Waals surface area (Å²) in [5, 5.41) is 21.3. The Bertz CT molecular complexity index is 804. The second-order valence-corrected chi connectivity index (χ2v) is 7.67. The van der Waals surface area contributed by atoms with Crippen LogP contribution in [0, 0.1) is 0 Å². The molecule has 0 bridgehead atoms. The highest BCUT2D eigenvalue weighted by molar-refractivity contribution is 7.99. The van der Waals surface area contributed by atoms with Crippen LogP contribution in [-0.2, 0) is 18.4 Å². The lowest BCUT2D eigenvalue weighted by molar-refractivity contribution is 0.0408. The molecule has 2 aromatic heterocycles. The first kappa shape index (κ1) is 18.9. The van der Waals surface area contributed by atoms with Gasteiger partial charge in [0.2, 0.25) is 0 Å². The fourth-order valence-electron chi connectivity index (χ4n) is 2.34. The second-order valence-electron chi connectivity index (χ2n) is 5.65. The predicted octanol–water partition coefficient (Wildman–Crippen LogP) is 3.22. The second kappa shape index (κ2) is 9.18. The zero-order chi connectivity index (χ0) is 18.4. The molecule has 1 N–H and O–H groups in total. The lowest BCUT2D eigenvalue weighted by Gasteiger charge is -2.10. The fourth-order valence-corrected chi connectivity index (χ4v) is 3.80. The van der Waals surface area contributed by atoms with Crippen LogP contribution in [0.15, 0.2) is 46.9 Å². The van der Waals surface area contributed by atoms with Crippen LogP contribution in [0.1, 0.15) is 4.88 Å². The number of hydrogen-bond acceptors (Lipinski definition) is 7. The molecule has 0 spiro atoms. The summed E-state index contributed by atoms with van der Waals surface area (Å²) in [4.78, 5) is 1.15. The summed E-state index contributed by atoms with van der Waals surface area (Å²) in [6.07, 6.45) is -0.555.